The normalized spacial score (nSPS) is 14.4. The van der Waals surface area contributed by atoms with Crippen LogP contribution in [0.3, 0.4) is 0 Å². The molecule has 0 atom stereocenters. The van der Waals surface area contributed by atoms with Gasteiger partial charge in [-0.05, 0) is 50.5 Å². The van der Waals surface area contributed by atoms with Crippen LogP contribution in [-0.4, -0.2) is 46.5 Å². The Bertz CT molecular complexity index is 1260. The third-order valence-corrected chi connectivity index (χ3v) is 8.10. The van der Waals surface area contributed by atoms with Crippen LogP contribution >= 0.6 is 0 Å². The number of fused-ring (bicyclic) bond motifs is 1. The Morgan fingerprint density at radius 1 is 1.18 bits per heavy atom. The minimum absolute atomic E-state index is 0.145. The molecule has 9 heteroatoms. The number of nitrogens with zero attached hydrogens (tertiary/aromatic N) is 4. The number of amides is 1. The van der Waals surface area contributed by atoms with E-state index in [1.165, 1.54) is 4.31 Å². The van der Waals surface area contributed by atoms with E-state index in [-0.39, 0.29) is 16.8 Å². The molecule has 0 saturated heterocycles. The van der Waals surface area contributed by atoms with Gasteiger partial charge in [0.1, 0.15) is 0 Å². The molecular weight excluding hydrogens is 438 g/mol. The van der Waals surface area contributed by atoms with E-state index in [2.05, 4.69) is 10.4 Å². The van der Waals surface area contributed by atoms with E-state index in [9.17, 15) is 13.2 Å². The zero-order valence-corrected chi connectivity index (χ0v) is 20.4. The molecule has 1 aliphatic rings. The molecule has 0 unspecified atom stereocenters. The number of carbonyl (C=O) groups excluding carboxylic acids is 1. The highest BCUT2D eigenvalue weighted by Gasteiger charge is 2.28. The number of pyridine rings is 1. The molecule has 0 aliphatic heterocycles. The average Bonchev–Trinajstić information content (AvgIpc) is 3.56. The van der Waals surface area contributed by atoms with Gasteiger partial charge in [0.15, 0.2) is 5.65 Å². The van der Waals surface area contributed by atoms with Crippen LogP contribution in [0.5, 0.6) is 0 Å². The number of aromatic nitrogens is 3. The highest BCUT2D eigenvalue weighted by atomic mass is 32.2. The van der Waals surface area contributed by atoms with Gasteiger partial charge in [0.25, 0.3) is 5.91 Å². The lowest BCUT2D eigenvalue weighted by molar-refractivity contribution is 0.0952. The first-order chi connectivity index (χ1) is 15.8. The number of hydrogen-bond donors (Lipinski definition) is 1. The summed E-state index contributed by atoms with van der Waals surface area (Å²) in [5.74, 6) is 0.226. The number of hydrogen-bond acceptors (Lipinski definition) is 5. The lowest BCUT2D eigenvalue weighted by Crippen LogP contribution is -2.30. The van der Waals surface area contributed by atoms with Gasteiger partial charge >= 0.3 is 0 Å². The smallest absolute Gasteiger partial charge is 0.252 e. The van der Waals surface area contributed by atoms with E-state index in [4.69, 9.17) is 4.98 Å². The maximum atomic E-state index is 13.1. The Morgan fingerprint density at radius 3 is 2.42 bits per heavy atom. The number of rotatable bonds is 9. The molecule has 3 aromatic rings. The van der Waals surface area contributed by atoms with Crippen molar-refractivity contribution in [3.8, 4) is 0 Å². The second-order valence-corrected chi connectivity index (χ2v) is 10.6. The summed E-state index contributed by atoms with van der Waals surface area (Å²) in [6.45, 7) is 8.87. The van der Waals surface area contributed by atoms with Crippen LogP contribution in [0.25, 0.3) is 11.0 Å². The number of nitrogens with one attached hydrogen (secondary N) is 1. The Balaban J connectivity index is 1.54. The van der Waals surface area contributed by atoms with Gasteiger partial charge in [-0.2, -0.15) is 9.40 Å². The molecule has 1 N–H and O–H groups in total. The summed E-state index contributed by atoms with van der Waals surface area (Å²) in [5.41, 5.74) is 3.09. The molecule has 1 amide bonds. The fourth-order valence-corrected chi connectivity index (χ4v) is 5.42. The highest BCUT2D eigenvalue weighted by molar-refractivity contribution is 7.89. The van der Waals surface area contributed by atoms with Gasteiger partial charge in [-0.15, -0.1) is 0 Å². The van der Waals surface area contributed by atoms with Crippen LogP contribution in [0.2, 0.25) is 0 Å². The topological polar surface area (TPSA) is 97.2 Å². The zero-order chi connectivity index (χ0) is 23.8. The Hall–Kier alpha value is -2.78. The van der Waals surface area contributed by atoms with Gasteiger partial charge in [-0.1, -0.05) is 26.0 Å². The number of sulfonamides is 1. The first-order valence-electron chi connectivity index (χ1n) is 11.5. The van der Waals surface area contributed by atoms with Crippen molar-refractivity contribution in [2.24, 2.45) is 0 Å². The summed E-state index contributed by atoms with van der Waals surface area (Å²) in [4.78, 5) is 18.2. The van der Waals surface area contributed by atoms with Crippen molar-refractivity contribution < 1.29 is 13.2 Å². The predicted molar refractivity (Wildman–Crippen MR) is 128 cm³/mol. The number of benzene rings is 1. The second-order valence-electron chi connectivity index (χ2n) is 8.71. The van der Waals surface area contributed by atoms with Crippen LogP contribution in [-0.2, 0) is 16.6 Å². The van der Waals surface area contributed by atoms with Crippen molar-refractivity contribution in [1.82, 2.24) is 24.4 Å². The summed E-state index contributed by atoms with van der Waals surface area (Å²) in [7, 11) is -3.50. The van der Waals surface area contributed by atoms with E-state index in [0.717, 1.165) is 35.1 Å². The first-order valence-corrected chi connectivity index (χ1v) is 13.0. The summed E-state index contributed by atoms with van der Waals surface area (Å²) in [6, 6.07) is 8.71. The fraction of sp³-hybridized carbons (Fsp3) is 0.458. The van der Waals surface area contributed by atoms with Crippen molar-refractivity contribution in [3.05, 3.63) is 53.3 Å². The highest BCUT2D eigenvalue weighted by Crippen LogP contribution is 2.40. The summed E-state index contributed by atoms with van der Waals surface area (Å²) in [5, 5.41) is 8.17. The second kappa shape index (κ2) is 9.23. The zero-order valence-electron chi connectivity index (χ0n) is 19.6. The van der Waals surface area contributed by atoms with E-state index < -0.39 is 10.0 Å². The largest absolute Gasteiger partial charge is 0.348 e. The van der Waals surface area contributed by atoms with E-state index in [1.807, 2.05) is 38.4 Å². The molecule has 0 spiro atoms. The van der Waals surface area contributed by atoms with E-state index >= 15 is 0 Å². The van der Waals surface area contributed by atoms with Gasteiger partial charge in [0.2, 0.25) is 10.0 Å². The van der Waals surface area contributed by atoms with Crippen LogP contribution in [0.1, 0.15) is 74.1 Å². The Labute approximate surface area is 195 Å². The van der Waals surface area contributed by atoms with Crippen LogP contribution in [0.4, 0.5) is 0 Å². The molecular formula is C24H31N5O3S. The maximum Gasteiger partial charge on any atom is 0.252 e. The number of carbonyl (C=O) groups is 1. The summed E-state index contributed by atoms with van der Waals surface area (Å²) >= 11 is 0. The van der Waals surface area contributed by atoms with Crippen molar-refractivity contribution >= 4 is 27.0 Å². The van der Waals surface area contributed by atoms with Gasteiger partial charge in [-0.3, -0.25) is 4.79 Å². The molecule has 1 aliphatic carbocycles. The third-order valence-electron chi connectivity index (χ3n) is 6.04. The Morgan fingerprint density at radius 2 is 1.85 bits per heavy atom. The fourth-order valence-electron chi connectivity index (χ4n) is 3.96. The minimum Gasteiger partial charge on any atom is -0.348 e. The lowest BCUT2D eigenvalue weighted by atomic mass is 10.1. The van der Waals surface area contributed by atoms with Crippen molar-refractivity contribution in [2.75, 3.05) is 13.1 Å². The quantitative estimate of drug-likeness (QED) is 0.513. The molecule has 33 heavy (non-hydrogen) atoms. The van der Waals surface area contributed by atoms with E-state index in [1.54, 1.807) is 30.5 Å². The van der Waals surface area contributed by atoms with Gasteiger partial charge in [0.05, 0.1) is 22.0 Å². The molecule has 2 aromatic heterocycles. The standard InChI is InChI=1S/C24H31N5O3S/c1-5-28(6-2)33(31,32)19-11-7-17(8-12-19)14-25-24(30)20-13-22(18-9-10-18)27-23-21(20)15-26-29(23)16(3)4/h7-8,11-13,15-16,18H,5-6,9-10,14H2,1-4H3,(H,25,30). The minimum atomic E-state index is -3.50. The predicted octanol–water partition coefficient (Wildman–Crippen LogP) is 3.85. The molecule has 0 bridgehead atoms. The molecule has 1 aromatic carbocycles. The van der Waals surface area contributed by atoms with Crippen molar-refractivity contribution in [3.63, 3.8) is 0 Å². The molecule has 176 valence electrons. The summed E-state index contributed by atoms with van der Waals surface area (Å²) < 4.78 is 28.6. The average molecular weight is 470 g/mol. The van der Waals surface area contributed by atoms with Crippen molar-refractivity contribution in [2.45, 2.75) is 63.9 Å². The first kappa shape index (κ1) is 23.4. The SMILES string of the molecule is CCN(CC)S(=O)(=O)c1ccc(CNC(=O)c2cc(C3CC3)nc3c2cnn3C(C)C)cc1. The van der Waals surface area contributed by atoms with Gasteiger partial charge in [0, 0.05) is 37.3 Å². The van der Waals surface area contributed by atoms with Crippen LogP contribution in [0.15, 0.2) is 41.4 Å². The molecule has 1 fully saturated rings. The maximum absolute atomic E-state index is 13.1. The van der Waals surface area contributed by atoms with Crippen molar-refractivity contribution in [1.29, 1.82) is 0 Å². The van der Waals surface area contributed by atoms with Crippen LogP contribution in [0, 0.1) is 0 Å². The van der Waals surface area contributed by atoms with E-state index in [0.29, 0.717) is 31.1 Å². The molecule has 1 saturated carbocycles. The molecule has 4 rings (SSSR count). The summed E-state index contributed by atoms with van der Waals surface area (Å²) in [6.07, 6.45) is 3.90. The molecule has 0 radical (unpaired) electrons. The monoisotopic (exact) mass is 469 g/mol. The molecule has 2 heterocycles. The Kier molecular flexibility index (Phi) is 6.54. The van der Waals surface area contributed by atoms with Gasteiger partial charge in [-0.25, -0.2) is 18.1 Å². The molecule has 8 nitrogen and oxygen atoms in total. The lowest BCUT2D eigenvalue weighted by Gasteiger charge is -2.18. The third kappa shape index (κ3) is 4.65. The van der Waals surface area contributed by atoms with Crippen LogP contribution < -0.4 is 5.32 Å². The van der Waals surface area contributed by atoms with Gasteiger partial charge < -0.3 is 5.32 Å².